The average Bonchev–Trinajstić information content (AvgIpc) is 3.41. The number of halogens is 1. The molecule has 0 radical (unpaired) electrons. The number of anilines is 1. The molecule has 2 aromatic carbocycles. The Morgan fingerprint density at radius 1 is 1.06 bits per heavy atom. The van der Waals surface area contributed by atoms with Gasteiger partial charge in [-0.3, -0.25) is 4.79 Å². The number of nitrogens with zero attached hydrogens (tertiary/aromatic N) is 5. The molecule has 3 heterocycles. The van der Waals surface area contributed by atoms with Crippen LogP contribution < -0.4 is 4.90 Å². The maximum absolute atomic E-state index is 13.7. The summed E-state index contributed by atoms with van der Waals surface area (Å²) in [6.07, 6.45) is 4.12. The van der Waals surface area contributed by atoms with Gasteiger partial charge in [0.1, 0.15) is 5.82 Å². The Morgan fingerprint density at radius 2 is 1.88 bits per heavy atom. The largest absolute Gasteiger partial charge is 0.356 e. The predicted octanol–water partition coefficient (Wildman–Crippen LogP) is 4.45. The van der Waals surface area contributed by atoms with Crippen LogP contribution in [0.1, 0.15) is 29.3 Å². The SMILES string of the molecule is Cc1ccc(-n2nccn2)c(C(=O)N2CCN(c3cc4cc(Cl)ccc4[nH]3)CC[C@H]2C)c1. The molecule has 1 aliphatic heterocycles. The summed E-state index contributed by atoms with van der Waals surface area (Å²) in [6.45, 7) is 6.36. The fourth-order valence-corrected chi connectivity index (χ4v) is 4.53. The van der Waals surface area contributed by atoms with Gasteiger partial charge in [-0.05, 0) is 56.7 Å². The zero-order valence-electron chi connectivity index (χ0n) is 18.1. The Kier molecular flexibility index (Phi) is 5.35. The lowest BCUT2D eigenvalue weighted by atomic mass is 10.1. The quantitative estimate of drug-likeness (QED) is 0.502. The van der Waals surface area contributed by atoms with Gasteiger partial charge in [-0.2, -0.15) is 15.0 Å². The van der Waals surface area contributed by atoms with Crippen LogP contribution in [0.3, 0.4) is 0 Å². The van der Waals surface area contributed by atoms with Gasteiger partial charge in [0, 0.05) is 41.6 Å². The molecule has 0 unspecified atom stereocenters. The van der Waals surface area contributed by atoms with Crippen molar-refractivity contribution in [1.82, 2.24) is 24.9 Å². The van der Waals surface area contributed by atoms with Crippen molar-refractivity contribution in [2.75, 3.05) is 24.5 Å². The third kappa shape index (κ3) is 3.84. The Bertz CT molecular complexity index is 1260. The van der Waals surface area contributed by atoms with E-state index in [4.69, 9.17) is 11.6 Å². The van der Waals surface area contributed by atoms with E-state index in [-0.39, 0.29) is 11.9 Å². The number of aromatic nitrogens is 4. The van der Waals surface area contributed by atoms with Crippen molar-refractivity contribution in [2.45, 2.75) is 26.3 Å². The molecule has 1 atom stereocenters. The summed E-state index contributed by atoms with van der Waals surface area (Å²) in [5.41, 5.74) is 3.42. The van der Waals surface area contributed by atoms with Gasteiger partial charge < -0.3 is 14.8 Å². The Morgan fingerprint density at radius 3 is 2.69 bits per heavy atom. The number of hydrogen-bond acceptors (Lipinski definition) is 4. The maximum Gasteiger partial charge on any atom is 0.256 e. The van der Waals surface area contributed by atoms with Gasteiger partial charge >= 0.3 is 0 Å². The van der Waals surface area contributed by atoms with Gasteiger partial charge in [-0.15, -0.1) is 0 Å². The van der Waals surface area contributed by atoms with E-state index in [0.717, 1.165) is 46.8 Å². The predicted molar refractivity (Wildman–Crippen MR) is 127 cm³/mol. The lowest BCUT2D eigenvalue weighted by Gasteiger charge is -2.27. The zero-order chi connectivity index (χ0) is 22.2. The molecular weight excluding hydrogens is 424 g/mol. The zero-order valence-corrected chi connectivity index (χ0v) is 18.9. The highest BCUT2D eigenvalue weighted by Crippen LogP contribution is 2.27. The van der Waals surface area contributed by atoms with Crippen LogP contribution in [0.2, 0.25) is 5.02 Å². The summed E-state index contributed by atoms with van der Waals surface area (Å²) in [4.78, 5) is 23.0. The van der Waals surface area contributed by atoms with Crippen molar-refractivity contribution in [1.29, 1.82) is 0 Å². The minimum atomic E-state index is 0.0128. The van der Waals surface area contributed by atoms with Crippen LogP contribution in [-0.2, 0) is 0 Å². The summed E-state index contributed by atoms with van der Waals surface area (Å²) in [6, 6.07) is 13.9. The van der Waals surface area contributed by atoms with E-state index in [1.807, 2.05) is 48.2 Å². The van der Waals surface area contributed by atoms with Crippen LogP contribution in [0.4, 0.5) is 5.82 Å². The number of hydrogen-bond donors (Lipinski definition) is 1. The molecule has 5 rings (SSSR count). The van der Waals surface area contributed by atoms with Crippen molar-refractivity contribution < 1.29 is 4.79 Å². The molecular formula is C24H25ClN6O. The van der Waals surface area contributed by atoms with E-state index >= 15 is 0 Å². The lowest BCUT2D eigenvalue weighted by molar-refractivity contribution is 0.0704. The number of H-pyrrole nitrogens is 1. The first-order valence-electron chi connectivity index (χ1n) is 10.8. The van der Waals surface area contributed by atoms with Crippen LogP contribution in [0.15, 0.2) is 54.9 Å². The summed E-state index contributed by atoms with van der Waals surface area (Å²) < 4.78 is 0. The second-order valence-electron chi connectivity index (χ2n) is 8.35. The molecule has 32 heavy (non-hydrogen) atoms. The number of carbonyl (C=O) groups is 1. The van der Waals surface area contributed by atoms with Crippen molar-refractivity contribution >= 4 is 34.2 Å². The minimum Gasteiger partial charge on any atom is -0.356 e. The van der Waals surface area contributed by atoms with Crippen LogP contribution in [0.5, 0.6) is 0 Å². The third-order valence-electron chi connectivity index (χ3n) is 6.15. The molecule has 164 valence electrons. The number of fused-ring (bicyclic) bond motifs is 1. The van der Waals surface area contributed by atoms with E-state index in [0.29, 0.717) is 17.8 Å². The van der Waals surface area contributed by atoms with E-state index in [9.17, 15) is 4.79 Å². The van der Waals surface area contributed by atoms with Gasteiger partial charge in [0.2, 0.25) is 0 Å². The molecule has 0 saturated carbocycles. The van der Waals surface area contributed by atoms with Crippen molar-refractivity contribution in [3.63, 3.8) is 0 Å². The Labute approximate surface area is 191 Å². The molecule has 1 saturated heterocycles. The van der Waals surface area contributed by atoms with Crippen molar-refractivity contribution in [2.24, 2.45) is 0 Å². The second kappa shape index (κ2) is 8.31. The third-order valence-corrected chi connectivity index (χ3v) is 6.38. The highest BCUT2D eigenvalue weighted by Gasteiger charge is 2.28. The van der Waals surface area contributed by atoms with Crippen LogP contribution in [-0.4, -0.2) is 56.5 Å². The van der Waals surface area contributed by atoms with Gasteiger partial charge in [0.05, 0.1) is 23.6 Å². The van der Waals surface area contributed by atoms with Crippen molar-refractivity contribution in [3.8, 4) is 5.69 Å². The summed E-state index contributed by atoms with van der Waals surface area (Å²) in [5, 5.41) is 10.3. The first-order valence-corrected chi connectivity index (χ1v) is 11.2. The van der Waals surface area contributed by atoms with Crippen LogP contribution >= 0.6 is 11.6 Å². The fraction of sp³-hybridized carbons (Fsp3) is 0.292. The highest BCUT2D eigenvalue weighted by molar-refractivity contribution is 6.31. The van der Waals surface area contributed by atoms with E-state index in [1.165, 1.54) is 4.80 Å². The summed E-state index contributed by atoms with van der Waals surface area (Å²) in [7, 11) is 0. The topological polar surface area (TPSA) is 70.1 Å². The summed E-state index contributed by atoms with van der Waals surface area (Å²) in [5.74, 6) is 1.07. The molecule has 7 nitrogen and oxygen atoms in total. The monoisotopic (exact) mass is 448 g/mol. The number of aryl methyl sites for hydroxylation is 1. The van der Waals surface area contributed by atoms with Gasteiger partial charge in [-0.25, -0.2) is 0 Å². The van der Waals surface area contributed by atoms with Gasteiger partial charge in [0.15, 0.2) is 0 Å². The number of amides is 1. The van der Waals surface area contributed by atoms with Gasteiger partial charge in [-0.1, -0.05) is 23.2 Å². The molecule has 0 aliphatic carbocycles. The number of nitrogens with one attached hydrogen (secondary N) is 1. The van der Waals surface area contributed by atoms with E-state index < -0.39 is 0 Å². The van der Waals surface area contributed by atoms with Crippen molar-refractivity contribution in [3.05, 3.63) is 71.0 Å². The number of aromatic amines is 1. The van der Waals surface area contributed by atoms with E-state index in [1.54, 1.807) is 12.4 Å². The standard InChI is InChI=1S/C24H25ClN6O/c1-16-3-6-22(31-26-8-9-27-31)20(13-16)24(32)30-12-11-29(10-7-17(30)2)23-15-18-14-19(25)4-5-21(18)28-23/h3-6,8-9,13-15,17,28H,7,10-12H2,1-2H3/t17-/m1/s1. The first-order chi connectivity index (χ1) is 15.5. The molecule has 8 heteroatoms. The molecule has 1 N–H and O–H groups in total. The minimum absolute atomic E-state index is 0.0128. The number of rotatable bonds is 3. The Balaban J connectivity index is 1.41. The van der Waals surface area contributed by atoms with Gasteiger partial charge in [0.25, 0.3) is 5.91 Å². The molecule has 2 aromatic heterocycles. The van der Waals surface area contributed by atoms with E-state index in [2.05, 4.69) is 33.1 Å². The average molecular weight is 449 g/mol. The molecule has 4 aromatic rings. The Hall–Kier alpha value is -3.32. The molecule has 0 spiro atoms. The molecule has 1 aliphatic rings. The normalized spacial score (nSPS) is 17.0. The fourth-order valence-electron chi connectivity index (χ4n) is 4.35. The maximum atomic E-state index is 13.7. The molecule has 1 fully saturated rings. The lowest BCUT2D eigenvalue weighted by Crippen LogP contribution is -2.40. The molecule has 0 bridgehead atoms. The van der Waals surface area contributed by atoms with Crippen LogP contribution in [0, 0.1) is 6.92 Å². The number of carbonyl (C=O) groups excluding carboxylic acids is 1. The smallest absolute Gasteiger partial charge is 0.256 e. The molecule has 1 amide bonds. The second-order valence-corrected chi connectivity index (χ2v) is 8.79. The summed E-state index contributed by atoms with van der Waals surface area (Å²) >= 11 is 6.15. The number of benzene rings is 2. The highest BCUT2D eigenvalue weighted by atomic mass is 35.5. The van der Waals surface area contributed by atoms with Crippen LogP contribution in [0.25, 0.3) is 16.6 Å². The first kappa shape index (κ1) is 20.6.